The molecule has 0 radical (unpaired) electrons. The van der Waals surface area contributed by atoms with Gasteiger partial charge >= 0.3 is 0 Å². The minimum atomic E-state index is -0.468. The zero-order valence-electron chi connectivity index (χ0n) is 18.5. The molecule has 1 fully saturated rings. The lowest BCUT2D eigenvalue weighted by atomic mass is 10.1. The van der Waals surface area contributed by atoms with Gasteiger partial charge in [0.15, 0.2) is 11.5 Å². The van der Waals surface area contributed by atoms with Gasteiger partial charge in [0.2, 0.25) is 0 Å². The molecule has 8 nitrogen and oxygen atoms in total. The molecular weight excluding hydrogens is 475 g/mol. The smallest absolute Gasteiger partial charge is 0.293 e. The lowest BCUT2D eigenvalue weighted by Gasteiger charge is -2.12. The number of amides is 2. The van der Waals surface area contributed by atoms with Gasteiger partial charge in [0.25, 0.3) is 16.8 Å². The van der Waals surface area contributed by atoms with Crippen LogP contribution in [0.2, 0.25) is 0 Å². The van der Waals surface area contributed by atoms with E-state index >= 15 is 0 Å². The van der Waals surface area contributed by atoms with E-state index in [4.69, 9.17) is 9.47 Å². The second kappa shape index (κ2) is 10.4. The molecule has 0 spiro atoms. The maximum absolute atomic E-state index is 13.1. The van der Waals surface area contributed by atoms with E-state index < -0.39 is 21.9 Å². The first-order valence-electron chi connectivity index (χ1n) is 10.4. The summed E-state index contributed by atoms with van der Waals surface area (Å²) in [6.07, 6.45) is 1.60. The highest BCUT2D eigenvalue weighted by molar-refractivity contribution is 8.18. The Morgan fingerprint density at radius 1 is 1.00 bits per heavy atom. The molecule has 0 aromatic heterocycles. The molecule has 35 heavy (non-hydrogen) atoms. The van der Waals surface area contributed by atoms with Crippen LogP contribution in [0.3, 0.4) is 0 Å². The molecule has 0 aliphatic carbocycles. The highest BCUT2D eigenvalue weighted by Gasteiger charge is 2.35. The average Bonchev–Trinajstić information content (AvgIpc) is 3.11. The van der Waals surface area contributed by atoms with Gasteiger partial charge < -0.3 is 9.47 Å². The summed E-state index contributed by atoms with van der Waals surface area (Å²) in [5, 5.41) is 10.4. The molecule has 178 valence electrons. The highest BCUT2D eigenvalue weighted by Crippen LogP contribution is 2.35. The predicted molar refractivity (Wildman–Crippen MR) is 128 cm³/mol. The number of benzene rings is 3. The Kier molecular flexibility index (Phi) is 7.11. The van der Waals surface area contributed by atoms with E-state index in [-0.39, 0.29) is 23.7 Å². The molecule has 1 aliphatic rings. The van der Waals surface area contributed by atoms with E-state index in [9.17, 15) is 24.1 Å². The molecule has 0 saturated carbocycles. The summed E-state index contributed by atoms with van der Waals surface area (Å²) in [6.45, 7) is 0.233. The minimum absolute atomic E-state index is 0.00207. The lowest BCUT2D eigenvalue weighted by molar-refractivity contribution is -0.384. The topological polar surface area (TPSA) is 99.0 Å². The van der Waals surface area contributed by atoms with Crippen molar-refractivity contribution in [2.75, 3.05) is 7.11 Å². The Balaban J connectivity index is 1.45. The lowest BCUT2D eigenvalue weighted by Crippen LogP contribution is -2.27. The molecule has 0 bridgehead atoms. The van der Waals surface area contributed by atoms with Gasteiger partial charge in [0.05, 0.1) is 23.5 Å². The van der Waals surface area contributed by atoms with Crippen molar-refractivity contribution in [1.82, 2.24) is 4.90 Å². The number of hydrogen-bond acceptors (Lipinski definition) is 7. The van der Waals surface area contributed by atoms with Crippen LogP contribution < -0.4 is 9.47 Å². The van der Waals surface area contributed by atoms with Gasteiger partial charge in [-0.1, -0.05) is 18.2 Å². The summed E-state index contributed by atoms with van der Waals surface area (Å²) in [7, 11) is 1.48. The normalized spacial score (nSPS) is 14.5. The number of nitrogens with zero attached hydrogens (tertiary/aromatic N) is 2. The Hall–Kier alpha value is -4.18. The third kappa shape index (κ3) is 5.67. The third-order valence-corrected chi connectivity index (χ3v) is 6.06. The number of carbonyl (C=O) groups excluding carboxylic acids is 2. The maximum Gasteiger partial charge on any atom is 0.293 e. The molecule has 0 N–H and O–H groups in total. The van der Waals surface area contributed by atoms with Crippen molar-refractivity contribution >= 4 is 34.7 Å². The molecular formula is C25H19FN2O6S. The quantitative estimate of drug-likeness (QED) is 0.230. The number of ether oxygens (including phenoxy) is 2. The second-order valence-electron chi connectivity index (χ2n) is 7.52. The van der Waals surface area contributed by atoms with Crippen molar-refractivity contribution in [1.29, 1.82) is 0 Å². The summed E-state index contributed by atoms with van der Waals surface area (Å²) in [5.74, 6) is 0.0531. The predicted octanol–water partition coefficient (Wildman–Crippen LogP) is 5.56. The van der Waals surface area contributed by atoms with Crippen LogP contribution in [-0.2, 0) is 17.9 Å². The second-order valence-corrected chi connectivity index (χ2v) is 8.51. The van der Waals surface area contributed by atoms with E-state index in [0.29, 0.717) is 22.6 Å². The first-order chi connectivity index (χ1) is 16.8. The van der Waals surface area contributed by atoms with Crippen molar-refractivity contribution in [3.8, 4) is 11.5 Å². The average molecular weight is 495 g/mol. The number of imide groups is 1. The van der Waals surface area contributed by atoms with Crippen LogP contribution in [0.15, 0.2) is 71.6 Å². The molecule has 0 atom stereocenters. The van der Waals surface area contributed by atoms with Crippen molar-refractivity contribution in [3.63, 3.8) is 0 Å². The first kappa shape index (κ1) is 24.0. The molecule has 3 aromatic rings. The highest BCUT2D eigenvalue weighted by atomic mass is 32.2. The zero-order valence-corrected chi connectivity index (χ0v) is 19.3. The van der Waals surface area contributed by atoms with Crippen molar-refractivity contribution < 1.29 is 28.4 Å². The fourth-order valence-electron chi connectivity index (χ4n) is 3.33. The number of halogens is 1. The number of hydrogen-bond donors (Lipinski definition) is 0. The van der Waals surface area contributed by atoms with Gasteiger partial charge in [-0.25, -0.2) is 4.39 Å². The number of nitro benzene ring substituents is 1. The molecule has 1 heterocycles. The maximum atomic E-state index is 13.1. The standard InChI is InChI=1S/C25H19FN2O6S/c1-33-22-12-18(6-11-21(22)34-15-17-4-9-20(10-5-17)28(31)32)13-23-24(29)27(25(30)35-23)14-16-2-7-19(26)8-3-16/h2-13H,14-15H2,1H3/b23-13-. The summed E-state index contributed by atoms with van der Waals surface area (Å²) >= 11 is 0.832. The number of non-ortho nitro benzene ring substituents is 1. The number of rotatable bonds is 8. The van der Waals surface area contributed by atoms with Crippen LogP contribution in [0.4, 0.5) is 14.9 Å². The Labute approximate surface area is 204 Å². The van der Waals surface area contributed by atoms with Crippen molar-refractivity contribution in [3.05, 3.63) is 104 Å². The largest absolute Gasteiger partial charge is 0.493 e. The van der Waals surface area contributed by atoms with Gasteiger partial charge in [-0.15, -0.1) is 0 Å². The summed E-state index contributed by atoms with van der Waals surface area (Å²) < 4.78 is 24.3. The number of nitro groups is 1. The molecule has 1 saturated heterocycles. The van der Waals surface area contributed by atoms with Crippen LogP contribution in [-0.4, -0.2) is 28.1 Å². The van der Waals surface area contributed by atoms with Gasteiger partial charge in [0, 0.05) is 12.1 Å². The number of methoxy groups -OCH3 is 1. The Bertz CT molecular complexity index is 1310. The van der Waals surface area contributed by atoms with Crippen LogP contribution in [0.5, 0.6) is 11.5 Å². The molecule has 10 heteroatoms. The monoisotopic (exact) mass is 494 g/mol. The van der Waals surface area contributed by atoms with Crippen LogP contribution in [0.25, 0.3) is 6.08 Å². The van der Waals surface area contributed by atoms with Crippen LogP contribution >= 0.6 is 11.8 Å². The summed E-state index contributed by atoms with van der Waals surface area (Å²) in [4.78, 5) is 36.9. The third-order valence-electron chi connectivity index (χ3n) is 5.15. The van der Waals surface area contributed by atoms with E-state index in [0.717, 1.165) is 22.2 Å². The van der Waals surface area contributed by atoms with E-state index in [2.05, 4.69) is 0 Å². The van der Waals surface area contributed by atoms with E-state index in [1.165, 1.54) is 43.5 Å². The number of thioether (sulfide) groups is 1. The van der Waals surface area contributed by atoms with Crippen molar-refractivity contribution in [2.45, 2.75) is 13.2 Å². The first-order valence-corrected chi connectivity index (χ1v) is 11.2. The van der Waals surface area contributed by atoms with E-state index in [1.807, 2.05) is 0 Å². The minimum Gasteiger partial charge on any atom is -0.493 e. The fourth-order valence-corrected chi connectivity index (χ4v) is 4.17. The zero-order chi connectivity index (χ0) is 24.9. The van der Waals surface area contributed by atoms with Gasteiger partial charge in [-0.05, 0) is 70.9 Å². The SMILES string of the molecule is COc1cc(/C=C2\SC(=O)N(Cc3ccc(F)cc3)C2=O)ccc1OCc1ccc([N+](=O)[O-])cc1. The summed E-state index contributed by atoms with van der Waals surface area (Å²) in [5.41, 5.74) is 2.03. The molecule has 4 rings (SSSR count). The molecule has 3 aromatic carbocycles. The fraction of sp³-hybridized carbons (Fsp3) is 0.120. The van der Waals surface area contributed by atoms with E-state index in [1.54, 1.807) is 36.4 Å². The van der Waals surface area contributed by atoms with Gasteiger partial charge in [0.1, 0.15) is 12.4 Å². The van der Waals surface area contributed by atoms with Gasteiger partial charge in [-0.3, -0.25) is 24.6 Å². The molecule has 2 amide bonds. The van der Waals surface area contributed by atoms with Crippen LogP contribution in [0, 0.1) is 15.9 Å². The Morgan fingerprint density at radius 2 is 1.69 bits per heavy atom. The van der Waals surface area contributed by atoms with Crippen molar-refractivity contribution in [2.24, 2.45) is 0 Å². The Morgan fingerprint density at radius 3 is 2.34 bits per heavy atom. The van der Waals surface area contributed by atoms with Gasteiger partial charge in [-0.2, -0.15) is 0 Å². The molecule has 1 aliphatic heterocycles. The molecule has 0 unspecified atom stereocenters. The van der Waals surface area contributed by atoms with Crippen LogP contribution in [0.1, 0.15) is 16.7 Å². The summed E-state index contributed by atoms with van der Waals surface area (Å²) in [6, 6.07) is 16.7. The number of carbonyl (C=O) groups is 2.